The molecule has 0 bridgehead atoms. The molecule has 53 heavy (non-hydrogen) atoms. The number of hydrogen-bond acceptors (Lipinski definition) is 8. The van der Waals surface area contributed by atoms with E-state index in [4.69, 9.17) is 0 Å². The van der Waals surface area contributed by atoms with Gasteiger partial charge in [-0.15, -0.1) is 12.6 Å². The van der Waals surface area contributed by atoms with Gasteiger partial charge >= 0.3 is 6.18 Å². The molecule has 6 aromatic rings. The second-order valence-electron chi connectivity index (χ2n) is 11.5. The summed E-state index contributed by atoms with van der Waals surface area (Å²) in [5.74, 6) is 0. The highest BCUT2D eigenvalue weighted by Crippen LogP contribution is 2.31. The third-order valence-corrected chi connectivity index (χ3v) is 8.00. The molecule has 0 amide bonds. The molecule has 0 atom stereocenters. The number of benzene rings is 6. The molecule has 0 radical (unpaired) electrons. The van der Waals surface area contributed by atoms with Crippen molar-refractivity contribution in [1.29, 1.82) is 0 Å². The van der Waals surface area contributed by atoms with Gasteiger partial charge in [0.15, 0.2) is 0 Å². The van der Waals surface area contributed by atoms with Crippen molar-refractivity contribution < 1.29 is 27.9 Å². The minimum Gasteiger partial charge on any atom is -0.378 e. The minimum atomic E-state index is -4.37. The first-order valence-electron chi connectivity index (χ1n) is 15.6. The van der Waals surface area contributed by atoms with Crippen LogP contribution in [0.2, 0.25) is 0 Å². The molecule has 6 aromatic carbocycles. The van der Waals surface area contributed by atoms with Crippen molar-refractivity contribution >= 4 is 35.4 Å². The summed E-state index contributed by atoms with van der Waals surface area (Å²) in [6.07, 6.45) is -4.37. The maximum atomic E-state index is 12.4. The molecule has 0 fully saturated rings. The lowest BCUT2D eigenvalue weighted by atomic mass is 10.0. The van der Waals surface area contributed by atoms with Gasteiger partial charge in [-0.2, -0.15) is 13.2 Å². The fourth-order valence-electron chi connectivity index (χ4n) is 4.78. The van der Waals surface area contributed by atoms with Crippen molar-refractivity contribution in [3.63, 3.8) is 0 Å². The SMILES string of the molecule is CN(C)c1ccc(-c2ccc([N+](=O)[O-])cc2)cc1.O=[N+]([O-])c1ccc(-c2ccc(C(F)(F)F)cc2)cc1.O=[N+]([O-])c1ccc(-c2ccc(S)cc2)cc1. The lowest BCUT2D eigenvalue weighted by Gasteiger charge is -2.12. The van der Waals surface area contributed by atoms with Crippen LogP contribution in [0.25, 0.3) is 33.4 Å². The number of nitro groups is 3. The Hall–Kier alpha value is -6.54. The van der Waals surface area contributed by atoms with Crippen LogP contribution in [0.1, 0.15) is 5.56 Å². The Morgan fingerprint density at radius 3 is 0.943 bits per heavy atom. The Morgan fingerprint density at radius 1 is 0.453 bits per heavy atom. The van der Waals surface area contributed by atoms with E-state index in [0.29, 0.717) is 11.1 Å². The van der Waals surface area contributed by atoms with Gasteiger partial charge in [0, 0.05) is 61.1 Å². The van der Waals surface area contributed by atoms with Crippen molar-refractivity contribution in [2.75, 3.05) is 19.0 Å². The summed E-state index contributed by atoms with van der Waals surface area (Å²) >= 11 is 4.20. The minimum absolute atomic E-state index is 0.0596. The number of thiol groups is 1. The molecule has 0 saturated heterocycles. The maximum Gasteiger partial charge on any atom is 0.416 e. The molecule has 0 spiro atoms. The molecule has 6 rings (SSSR count). The quantitative estimate of drug-likeness (QED) is 0.0978. The highest BCUT2D eigenvalue weighted by atomic mass is 32.1. The van der Waals surface area contributed by atoms with Gasteiger partial charge in [-0.25, -0.2) is 0 Å². The summed E-state index contributed by atoms with van der Waals surface area (Å²) in [6.45, 7) is 0. The van der Waals surface area contributed by atoms with Crippen molar-refractivity contribution in [3.05, 3.63) is 181 Å². The van der Waals surface area contributed by atoms with Crippen LogP contribution in [0.4, 0.5) is 35.9 Å². The summed E-state index contributed by atoms with van der Waals surface area (Å²) < 4.78 is 37.2. The molecular formula is C39H31F3N4O6S. The summed E-state index contributed by atoms with van der Waals surface area (Å²) in [7, 11) is 3.97. The number of rotatable bonds is 7. The van der Waals surface area contributed by atoms with E-state index < -0.39 is 21.6 Å². The van der Waals surface area contributed by atoms with Gasteiger partial charge in [0.2, 0.25) is 0 Å². The Labute approximate surface area is 307 Å². The Kier molecular flexibility index (Phi) is 13.0. The summed E-state index contributed by atoms with van der Waals surface area (Å²) in [6, 6.07) is 39.1. The van der Waals surface area contributed by atoms with E-state index in [1.165, 1.54) is 60.7 Å². The Balaban J connectivity index is 0.000000178. The summed E-state index contributed by atoms with van der Waals surface area (Å²) in [4.78, 5) is 33.1. The van der Waals surface area contributed by atoms with Crippen molar-refractivity contribution in [2.45, 2.75) is 11.1 Å². The maximum absolute atomic E-state index is 12.4. The molecule has 0 heterocycles. The Morgan fingerprint density at radius 2 is 0.698 bits per heavy atom. The second-order valence-corrected chi connectivity index (χ2v) is 12.0. The molecule has 0 aliphatic carbocycles. The number of non-ortho nitro benzene ring substituents is 3. The van der Waals surface area contributed by atoms with E-state index in [0.717, 1.165) is 45.0 Å². The smallest absolute Gasteiger partial charge is 0.378 e. The first-order valence-corrected chi connectivity index (χ1v) is 16.1. The molecule has 0 saturated carbocycles. The number of hydrogen-bond donors (Lipinski definition) is 1. The van der Waals surface area contributed by atoms with Crippen LogP contribution in [0, 0.1) is 30.3 Å². The van der Waals surface area contributed by atoms with E-state index in [2.05, 4.69) is 12.6 Å². The number of anilines is 1. The van der Waals surface area contributed by atoms with E-state index >= 15 is 0 Å². The zero-order valence-corrected chi connectivity index (χ0v) is 29.1. The van der Waals surface area contributed by atoms with E-state index in [9.17, 15) is 43.5 Å². The zero-order valence-electron chi connectivity index (χ0n) is 28.2. The first kappa shape index (κ1) is 39.2. The van der Waals surface area contributed by atoms with Crippen molar-refractivity contribution in [2.24, 2.45) is 0 Å². The largest absolute Gasteiger partial charge is 0.416 e. The second kappa shape index (κ2) is 17.6. The van der Waals surface area contributed by atoms with Gasteiger partial charge in [0.1, 0.15) is 0 Å². The monoisotopic (exact) mass is 740 g/mol. The van der Waals surface area contributed by atoms with Gasteiger partial charge in [-0.05, 0) is 106 Å². The number of halogens is 3. The predicted octanol–water partition coefficient (Wildman–Crippen LogP) is 11.2. The first-order chi connectivity index (χ1) is 25.1. The fourth-order valence-corrected chi connectivity index (χ4v) is 4.93. The summed E-state index contributed by atoms with van der Waals surface area (Å²) in [5.41, 5.74) is 5.77. The van der Waals surface area contributed by atoms with Crippen LogP contribution in [0.3, 0.4) is 0 Å². The molecule has 0 aliphatic rings. The average molecular weight is 741 g/mol. The molecule has 0 unspecified atom stereocenters. The van der Waals surface area contributed by atoms with Crippen LogP contribution in [-0.4, -0.2) is 28.9 Å². The fraction of sp³-hybridized carbons (Fsp3) is 0.0769. The van der Waals surface area contributed by atoms with Crippen molar-refractivity contribution in [1.82, 2.24) is 0 Å². The van der Waals surface area contributed by atoms with Crippen LogP contribution in [-0.2, 0) is 6.18 Å². The zero-order chi connectivity index (χ0) is 38.7. The molecule has 0 aromatic heterocycles. The normalized spacial score (nSPS) is 10.5. The van der Waals surface area contributed by atoms with Crippen LogP contribution < -0.4 is 4.90 Å². The van der Waals surface area contributed by atoms with Gasteiger partial charge < -0.3 is 4.90 Å². The molecular weight excluding hydrogens is 710 g/mol. The Bertz CT molecular complexity index is 2140. The topological polar surface area (TPSA) is 133 Å². The molecule has 0 aliphatic heterocycles. The molecule has 270 valence electrons. The van der Waals surface area contributed by atoms with Crippen LogP contribution in [0.15, 0.2) is 150 Å². The number of nitro benzene ring substituents is 3. The number of alkyl halides is 3. The van der Waals surface area contributed by atoms with Gasteiger partial charge in [0.05, 0.1) is 20.3 Å². The average Bonchev–Trinajstić information content (AvgIpc) is 3.15. The lowest BCUT2D eigenvalue weighted by molar-refractivity contribution is -0.385. The third kappa shape index (κ3) is 11.2. The van der Waals surface area contributed by atoms with E-state index in [1.807, 2.05) is 67.5 Å². The molecule has 14 heteroatoms. The van der Waals surface area contributed by atoms with Crippen LogP contribution in [0.5, 0.6) is 0 Å². The number of nitrogens with zero attached hydrogens (tertiary/aromatic N) is 4. The predicted molar refractivity (Wildman–Crippen MR) is 202 cm³/mol. The lowest BCUT2D eigenvalue weighted by Crippen LogP contribution is -2.07. The van der Waals surface area contributed by atoms with Gasteiger partial charge in [-0.1, -0.05) is 36.4 Å². The van der Waals surface area contributed by atoms with Crippen LogP contribution >= 0.6 is 12.6 Å². The summed E-state index contributed by atoms with van der Waals surface area (Å²) in [5, 5.41) is 31.5. The highest BCUT2D eigenvalue weighted by Gasteiger charge is 2.30. The molecule has 10 nitrogen and oxygen atoms in total. The van der Waals surface area contributed by atoms with Gasteiger partial charge in [-0.3, -0.25) is 30.3 Å². The standard InChI is InChI=1S/C14H14N2O2.C13H8F3NO2.C12H9NO2S/c1-15(2)13-7-3-11(4-8-13)12-5-9-14(10-6-12)16(17)18;14-13(15,16)11-5-1-9(2-6-11)10-3-7-12(8-4-10)17(18)19;14-13(15)11-5-1-9(2-6-11)10-3-7-12(16)8-4-10/h3-10H,1-2H3;1-8H;1-8,16H. The van der Waals surface area contributed by atoms with E-state index in [1.54, 1.807) is 24.3 Å². The molecule has 0 N–H and O–H groups in total. The van der Waals surface area contributed by atoms with E-state index in [-0.39, 0.29) is 22.0 Å². The highest BCUT2D eigenvalue weighted by molar-refractivity contribution is 7.80. The third-order valence-electron chi connectivity index (χ3n) is 7.70. The van der Waals surface area contributed by atoms with Crippen molar-refractivity contribution in [3.8, 4) is 33.4 Å². The van der Waals surface area contributed by atoms with Gasteiger partial charge in [0.25, 0.3) is 17.1 Å².